The van der Waals surface area contributed by atoms with E-state index < -0.39 is 0 Å². The first-order valence-corrected chi connectivity index (χ1v) is 11.0. The lowest BCUT2D eigenvalue weighted by molar-refractivity contribution is -0.115. The van der Waals surface area contributed by atoms with Gasteiger partial charge in [0.05, 0.1) is 41.4 Å². The van der Waals surface area contributed by atoms with E-state index in [1.165, 1.54) is 0 Å². The van der Waals surface area contributed by atoms with E-state index in [1.807, 2.05) is 19.1 Å². The van der Waals surface area contributed by atoms with E-state index in [1.54, 1.807) is 19.2 Å². The zero-order valence-electron chi connectivity index (χ0n) is 18.8. The molecule has 1 aromatic carbocycles. The number of imidazole rings is 1. The lowest BCUT2D eigenvalue weighted by atomic mass is 10.0. The number of anilines is 1. The molecule has 33 heavy (non-hydrogen) atoms. The Morgan fingerprint density at radius 1 is 1.33 bits per heavy atom. The summed E-state index contributed by atoms with van der Waals surface area (Å²) < 4.78 is 13.1. The number of pyridine rings is 1. The van der Waals surface area contributed by atoms with Crippen LogP contribution in [0.1, 0.15) is 48.5 Å². The molecule has 0 aliphatic carbocycles. The van der Waals surface area contributed by atoms with Gasteiger partial charge in [0.2, 0.25) is 5.91 Å². The van der Waals surface area contributed by atoms with E-state index in [9.17, 15) is 10.1 Å². The molecule has 1 fully saturated rings. The first kappa shape index (κ1) is 21.1. The molecule has 9 heteroatoms. The predicted molar refractivity (Wildman–Crippen MR) is 122 cm³/mol. The topological polar surface area (TPSA) is 119 Å². The molecule has 4 aromatic rings. The fourth-order valence-electron chi connectivity index (χ4n) is 4.48. The molecular formula is C24H24N6O3. The van der Waals surface area contributed by atoms with Gasteiger partial charge in [-0.2, -0.15) is 5.26 Å². The van der Waals surface area contributed by atoms with Crippen molar-refractivity contribution in [2.24, 2.45) is 0 Å². The second-order valence-electron chi connectivity index (χ2n) is 8.53. The van der Waals surface area contributed by atoms with Crippen LogP contribution in [0.5, 0.6) is 0 Å². The number of carbonyl (C=O) groups is 1. The fraction of sp³-hybridized carbons (Fsp3) is 0.375. The summed E-state index contributed by atoms with van der Waals surface area (Å²) in [4.78, 5) is 22.3. The average molecular weight is 444 g/mol. The molecule has 0 unspecified atom stereocenters. The standard InChI is InChI=1S/C24H24N6O3/c1-13-8-17(6-7-32-13)30-21(10-22(31)28-24-14(2)15(3)33-29-24)27-20-12-26-19-5-4-16(11-25)9-18(19)23(20)30/h4-5,9,12-13,17H,6-8,10H2,1-3H3,(H,28,29,31)/t13-,17-/m1/s1. The normalized spacial score (nSPS) is 18.5. The molecule has 1 aliphatic rings. The van der Waals surface area contributed by atoms with Crippen LogP contribution in [-0.4, -0.2) is 38.3 Å². The van der Waals surface area contributed by atoms with Crippen LogP contribution < -0.4 is 5.32 Å². The minimum atomic E-state index is -0.224. The van der Waals surface area contributed by atoms with Gasteiger partial charge in [0.1, 0.15) is 17.1 Å². The number of hydrogen-bond acceptors (Lipinski definition) is 7. The third kappa shape index (κ3) is 3.83. The minimum absolute atomic E-state index is 0.0746. The van der Waals surface area contributed by atoms with Crippen LogP contribution in [0.15, 0.2) is 28.9 Å². The predicted octanol–water partition coefficient (Wildman–Crippen LogP) is 3.98. The largest absolute Gasteiger partial charge is 0.378 e. The smallest absolute Gasteiger partial charge is 0.233 e. The average Bonchev–Trinajstić information content (AvgIpc) is 3.33. The number of aromatic nitrogens is 4. The van der Waals surface area contributed by atoms with Crippen molar-refractivity contribution in [2.45, 2.75) is 52.2 Å². The summed E-state index contributed by atoms with van der Waals surface area (Å²) in [6.07, 6.45) is 3.53. The fourth-order valence-corrected chi connectivity index (χ4v) is 4.48. The highest BCUT2D eigenvalue weighted by Crippen LogP contribution is 2.34. The van der Waals surface area contributed by atoms with Crippen molar-refractivity contribution >= 4 is 33.7 Å². The van der Waals surface area contributed by atoms with E-state index in [2.05, 4.69) is 33.0 Å². The molecule has 1 saturated heterocycles. The van der Waals surface area contributed by atoms with Crippen molar-refractivity contribution in [1.29, 1.82) is 5.26 Å². The van der Waals surface area contributed by atoms with Crippen LogP contribution in [0, 0.1) is 25.2 Å². The second kappa shape index (κ2) is 8.30. The number of ether oxygens (including phenoxy) is 1. The summed E-state index contributed by atoms with van der Waals surface area (Å²) in [5.74, 6) is 1.51. The van der Waals surface area contributed by atoms with Crippen molar-refractivity contribution < 1.29 is 14.1 Å². The van der Waals surface area contributed by atoms with Crippen LogP contribution >= 0.6 is 0 Å². The Bertz CT molecular complexity index is 1410. The van der Waals surface area contributed by atoms with E-state index in [0.29, 0.717) is 35.1 Å². The molecule has 2 atom stereocenters. The number of rotatable bonds is 4. The third-order valence-electron chi connectivity index (χ3n) is 6.27. The van der Waals surface area contributed by atoms with E-state index >= 15 is 0 Å². The molecule has 0 bridgehead atoms. The molecule has 1 aliphatic heterocycles. The number of nitrogens with zero attached hydrogens (tertiary/aromatic N) is 5. The zero-order valence-corrected chi connectivity index (χ0v) is 18.8. The molecule has 4 heterocycles. The number of carbonyl (C=O) groups excluding carboxylic acids is 1. The molecule has 1 amide bonds. The van der Waals surface area contributed by atoms with Gasteiger partial charge in [0, 0.05) is 23.6 Å². The van der Waals surface area contributed by atoms with Crippen LogP contribution in [0.25, 0.3) is 21.9 Å². The Balaban J connectivity index is 1.62. The summed E-state index contributed by atoms with van der Waals surface area (Å²) in [6.45, 7) is 6.35. The van der Waals surface area contributed by atoms with Gasteiger partial charge in [-0.15, -0.1) is 0 Å². The van der Waals surface area contributed by atoms with Crippen molar-refractivity contribution in [1.82, 2.24) is 19.7 Å². The minimum Gasteiger partial charge on any atom is -0.378 e. The molecule has 5 rings (SSSR count). The zero-order chi connectivity index (χ0) is 23.1. The Morgan fingerprint density at radius 3 is 2.91 bits per heavy atom. The van der Waals surface area contributed by atoms with E-state index in [0.717, 1.165) is 34.8 Å². The third-order valence-corrected chi connectivity index (χ3v) is 6.27. The summed E-state index contributed by atoms with van der Waals surface area (Å²) in [7, 11) is 0. The lowest BCUT2D eigenvalue weighted by Crippen LogP contribution is -2.27. The van der Waals surface area contributed by atoms with Gasteiger partial charge in [0.15, 0.2) is 5.82 Å². The van der Waals surface area contributed by atoms with Crippen LogP contribution in [0.2, 0.25) is 0 Å². The molecule has 168 valence electrons. The molecule has 0 spiro atoms. The molecule has 1 N–H and O–H groups in total. The maximum absolute atomic E-state index is 13.0. The Kier molecular flexibility index (Phi) is 5.30. The van der Waals surface area contributed by atoms with Gasteiger partial charge >= 0.3 is 0 Å². The maximum Gasteiger partial charge on any atom is 0.233 e. The Morgan fingerprint density at radius 2 is 2.18 bits per heavy atom. The van der Waals surface area contributed by atoms with Crippen molar-refractivity contribution in [3.63, 3.8) is 0 Å². The summed E-state index contributed by atoms with van der Waals surface area (Å²) in [5, 5.41) is 17.1. The highest BCUT2D eigenvalue weighted by Gasteiger charge is 2.27. The summed E-state index contributed by atoms with van der Waals surface area (Å²) >= 11 is 0. The number of hydrogen-bond donors (Lipinski definition) is 1. The van der Waals surface area contributed by atoms with Gasteiger partial charge in [-0.05, 0) is 51.8 Å². The first-order chi connectivity index (χ1) is 15.9. The van der Waals surface area contributed by atoms with E-state index in [-0.39, 0.29) is 24.5 Å². The number of benzene rings is 1. The summed E-state index contributed by atoms with van der Waals surface area (Å²) in [6, 6.07) is 7.78. The first-order valence-electron chi connectivity index (χ1n) is 11.0. The van der Waals surface area contributed by atoms with Crippen LogP contribution in [0.3, 0.4) is 0 Å². The maximum atomic E-state index is 13.0. The van der Waals surface area contributed by atoms with Crippen molar-refractivity contribution in [3.05, 3.63) is 47.1 Å². The number of nitrogens with one attached hydrogen (secondary N) is 1. The van der Waals surface area contributed by atoms with Crippen LogP contribution in [-0.2, 0) is 16.0 Å². The summed E-state index contributed by atoms with van der Waals surface area (Å²) in [5.41, 5.74) is 3.74. The monoisotopic (exact) mass is 444 g/mol. The lowest BCUT2D eigenvalue weighted by Gasteiger charge is -2.30. The Hall–Kier alpha value is -3.77. The molecule has 0 saturated carbocycles. The second-order valence-corrected chi connectivity index (χ2v) is 8.53. The highest BCUT2D eigenvalue weighted by molar-refractivity contribution is 6.03. The number of nitriles is 1. The van der Waals surface area contributed by atoms with Gasteiger partial charge in [-0.1, -0.05) is 5.16 Å². The number of amides is 1. The van der Waals surface area contributed by atoms with Crippen molar-refractivity contribution in [3.8, 4) is 6.07 Å². The number of fused-ring (bicyclic) bond motifs is 3. The molecule has 0 radical (unpaired) electrons. The van der Waals surface area contributed by atoms with Gasteiger partial charge in [-0.3, -0.25) is 9.78 Å². The highest BCUT2D eigenvalue weighted by atomic mass is 16.5. The van der Waals surface area contributed by atoms with E-state index in [4.69, 9.17) is 14.2 Å². The molecule has 3 aromatic heterocycles. The molecule has 9 nitrogen and oxygen atoms in total. The van der Waals surface area contributed by atoms with Gasteiger partial charge in [-0.25, -0.2) is 4.98 Å². The van der Waals surface area contributed by atoms with Crippen LogP contribution in [0.4, 0.5) is 5.82 Å². The number of aryl methyl sites for hydroxylation is 1. The quantitative estimate of drug-likeness (QED) is 0.505. The molecular weight excluding hydrogens is 420 g/mol. The van der Waals surface area contributed by atoms with Crippen molar-refractivity contribution in [2.75, 3.05) is 11.9 Å². The SMILES string of the molecule is Cc1onc(NC(=O)Cc2nc3cnc4ccc(C#N)cc4c3n2[C@@H]2CCO[C@H](C)C2)c1C. The Labute approximate surface area is 190 Å². The van der Waals surface area contributed by atoms with Gasteiger partial charge in [0.25, 0.3) is 0 Å². The van der Waals surface area contributed by atoms with Gasteiger partial charge < -0.3 is 19.1 Å².